The molecule has 0 aliphatic carbocycles. The molecule has 0 spiro atoms. The minimum absolute atomic E-state index is 0.0482. The highest BCUT2D eigenvalue weighted by molar-refractivity contribution is 7.88. The molecule has 126 valence electrons. The van der Waals surface area contributed by atoms with Crippen LogP contribution in [0.25, 0.3) is 10.7 Å². The van der Waals surface area contributed by atoms with Crippen LogP contribution >= 0.6 is 11.3 Å². The first kappa shape index (κ1) is 16.8. The van der Waals surface area contributed by atoms with E-state index >= 15 is 0 Å². The Bertz CT molecular complexity index is 900. The van der Waals surface area contributed by atoms with E-state index in [9.17, 15) is 8.42 Å². The normalized spacial score (nSPS) is 12.0. The van der Waals surface area contributed by atoms with Gasteiger partial charge >= 0.3 is 0 Å². The van der Waals surface area contributed by atoms with E-state index in [4.69, 9.17) is 4.52 Å². The molecule has 0 fully saturated rings. The molecule has 1 aromatic carbocycles. The molecule has 0 radical (unpaired) electrons. The second-order valence-corrected chi connectivity index (χ2v) is 8.51. The van der Waals surface area contributed by atoms with Crippen molar-refractivity contribution in [3.63, 3.8) is 0 Å². The summed E-state index contributed by atoms with van der Waals surface area (Å²) < 4.78 is 31.3. The highest BCUT2D eigenvalue weighted by Crippen LogP contribution is 2.22. The third-order valence-electron chi connectivity index (χ3n) is 3.51. The lowest BCUT2D eigenvalue weighted by Gasteiger charge is -2.15. The number of nitrogens with zero attached hydrogens (tertiary/aromatic N) is 3. The molecule has 0 saturated carbocycles. The van der Waals surface area contributed by atoms with Gasteiger partial charge < -0.3 is 4.52 Å². The van der Waals surface area contributed by atoms with Crippen LogP contribution in [0.4, 0.5) is 0 Å². The van der Waals surface area contributed by atoms with Crippen molar-refractivity contribution >= 4 is 21.4 Å². The van der Waals surface area contributed by atoms with E-state index in [1.165, 1.54) is 22.7 Å². The van der Waals surface area contributed by atoms with Gasteiger partial charge in [0.1, 0.15) is 0 Å². The van der Waals surface area contributed by atoms with Gasteiger partial charge in [0.05, 0.1) is 17.2 Å². The zero-order valence-corrected chi connectivity index (χ0v) is 15.0. The Balaban J connectivity index is 1.69. The van der Waals surface area contributed by atoms with Gasteiger partial charge in [-0.3, -0.25) is 0 Å². The van der Waals surface area contributed by atoms with Crippen molar-refractivity contribution in [3.05, 3.63) is 58.8 Å². The Morgan fingerprint density at radius 3 is 2.62 bits per heavy atom. The summed E-state index contributed by atoms with van der Waals surface area (Å²) in [6.45, 7) is 2.01. The summed E-state index contributed by atoms with van der Waals surface area (Å²) in [7, 11) is -1.95. The zero-order chi connectivity index (χ0) is 17.2. The summed E-state index contributed by atoms with van der Waals surface area (Å²) in [5, 5.41) is 5.81. The molecule has 0 bridgehead atoms. The van der Waals surface area contributed by atoms with Gasteiger partial charge in [-0.25, -0.2) is 8.42 Å². The fourth-order valence-corrected chi connectivity index (χ4v) is 3.91. The van der Waals surface area contributed by atoms with Crippen molar-refractivity contribution < 1.29 is 12.9 Å². The largest absolute Gasteiger partial charge is 0.337 e. The van der Waals surface area contributed by atoms with Gasteiger partial charge in [-0.05, 0) is 23.9 Å². The highest BCUT2D eigenvalue weighted by Gasteiger charge is 2.21. The summed E-state index contributed by atoms with van der Waals surface area (Å²) >= 11 is 1.50. The second kappa shape index (κ2) is 6.84. The maximum Gasteiger partial charge on any atom is 0.242 e. The number of thiophene rings is 1. The molecule has 0 atom stereocenters. The molecule has 0 aliphatic heterocycles. The van der Waals surface area contributed by atoms with E-state index in [-0.39, 0.29) is 18.2 Å². The van der Waals surface area contributed by atoms with Crippen LogP contribution in [-0.4, -0.2) is 29.9 Å². The van der Waals surface area contributed by atoms with Crippen LogP contribution in [0.5, 0.6) is 0 Å². The molecule has 3 rings (SSSR count). The lowest BCUT2D eigenvalue weighted by Crippen LogP contribution is -2.27. The van der Waals surface area contributed by atoms with Crippen molar-refractivity contribution in [1.29, 1.82) is 0 Å². The molecule has 0 unspecified atom stereocenters. The minimum Gasteiger partial charge on any atom is -0.337 e. The quantitative estimate of drug-likeness (QED) is 0.673. The van der Waals surface area contributed by atoms with E-state index < -0.39 is 10.0 Å². The minimum atomic E-state index is -3.46. The monoisotopic (exact) mass is 363 g/mol. The topological polar surface area (TPSA) is 76.3 Å². The predicted octanol–water partition coefficient (Wildman–Crippen LogP) is 3.07. The van der Waals surface area contributed by atoms with Crippen molar-refractivity contribution in [1.82, 2.24) is 14.4 Å². The first-order valence-corrected chi connectivity index (χ1v) is 9.79. The molecule has 2 heterocycles. The van der Waals surface area contributed by atoms with Crippen LogP contribution in [0.2, 0.25) is 0 Å². The van der Waals surface area contributed by atoms with Gasteiger partial charge in [-0.15, -0.1) is 11.3 Å². The Kier molecular flexibility index (Phi) is 4.79. The van der Waals surface area contributed by atoms with E-state index in [0.717, 1.165) is 16.0 Å². The van der Waals surface area contributed by atoms with Crippen molar-refractivity contribution in [2.45, 2.75) is 19.2 Å². The number of sulfonamides is 1. The molecular formula is C16H17N3O3S2. The van der Waals surface area contributed by atoms with Crippen LogP contribution in [0, 0.1) is 6.92 Å². The predicted molar refractivity (Wildman–Crippen MR) is 92.9 cm³/mol. The number of hydrogen-bond acceptors (Lipinski definition) is 6. The van der Waals surface area contributed by atoms with Crippen molar-refractivity contribution in [2.75, 3.05) is 7.05 Å². The van der Waals surface area contributed by atoms with Gasteiger partial charge in [0.2, 0.25) is 21.7 Å². The van der Waals surface area contributed by atoms with Gasteiger partial charge in [0.15, 0.2) is 0 Å². The van der Waals surface area contributed by atoms with Gasteiger partial charge in [-0.1, -0.05) is 41.1 Å². The first-order valence-electron chi connectivity index (χ1n) is 7.30. The molecule has 3 aromatic rings. The maximum atomic E-state index is 12.5. The molecule has 6 nitrogen and oxygen atoms in total. The lowest BCUT2D eigenvalue weighted by atomic mass is 10.2. The molecule has 2 aromatic heterocycles. The van der Waals surface area contributed by atoms with E-state index in [0.29, 0.717) is 5.82 Å². The molecule has 0 amide bonds. The number of hydrogen-bond donors (Lipinski definition) is 0. The van der Waals surface area contributed by atoms with Crippen LogP contribution in [0.1, 0.15) is 17.0 Å². The Hall–Kier alpha value is -2.03. The second-order valence-electron chi connectivity index (χ2n) is 5.49. The van der Waals surface area contributed by atoms with Crippen LogP contribution < -0.4 is 0 Å². The molecule has 0 aliphatic rings. The van der Waals surface area contributed by atoms with Gasteiger partial charge in [0.25, 0.3) is 0 Å². The smallest absolute Gasteiger partial charge is 0.242 e. The Labute approximate surface area is 144 Å². The number of aromatic nitrogens is 2. The van der Waals surface area contributed by atoms with Crippen LogP contribution in [-0.2, 0) is 22.3 Å². The summed E-state index contributed by atoms with van der Waals surface area (Å²) in [4.78, 5) is 5.14. The van der Waals surface area contributed by atoms with Gasteiger partial charge in [0, 0.05) is 7.05 Å². The van der Waals surface area contributed by atoms with E-state index in [2.05, 4.69) is 10.1 Å². The molecule has 0 saturated heterocycles. The summed E-state index contributed by atoms with van der Waals surface area (Å²) in [6.07, 6.45) is 0. The standard InChI is InChI=1S/C16H17N3O3S2/c1-12-5-7-13(8-6-12)11-24(20,21)19(2)10-15-17-16(18-22-15)14-4-3-9-23-14/h3-9H,10-11H2,1-2H3. The average Bonchev–Trinajstić information content (AvgIpc) is 3.20. The van der Waals surface area contributed by atoms with E-state index in [1.54, 1.807) is 0 Å². The Morgan fingerprint density at radius 2 is 1.96 bits per heavy atom. The van der Waals surface area contributed by atoms with Crippen LogP contribution in [0.3, 0.4) is 0 Å². The lowest BCUT2D eigenvalue weighted by molar-refractivity contribution is 0.336. The average molecular weight is 363 g/mol. The summed E-state index contributed by atoms with van der Waals surface area (Å²) in [6, 6.07) is 11.2. The zero-order valence-electron chi connectivity index (χ0n) is 13.3. The van der Waals surface area contributed by atoms with E-state index in [1.807, 2.05) is 48.7 Å². The number of benzene rings is 1. The summed E-state index contributed by atoms with van der Waals surface area (Å²) in [5.74, 6) is 0.688. The Morgan fingerprint density at radius 1 is 1.21 bits per heavy atom. The number of aryl methyl sites for hydroxylation is 1. The third kappa shape index (κ3) is 3.89. The number of rotatable bonds is 6. The summed E-state index contributed by atoms with van der Waals surface area (Å²) in [5.41, 5.74) is 1.84. The maximum absolute atomic E-state index is 12.5. The molecule has 24 heavy (non-hydrogen) atoms. The SMILES string of the molecule is Cc1ccc(CS(=O)(=O)N(C)Cc2nc(-c3cccs3)no2)cc1. The molecule has 0 N–H and O–H groups in total. The third-order valence-corrected chi connectivity index (χ3v) is 6.15. The first-order chi connectivity index (χ1) is 11.4. The van der Waals surface area contributed by atoms with Crippen molar-refractivity contribution in [2.24, 2.45) is 0 Å². The molecule has 8 heteroatoms. The van der Waals surface area contributed by atoms with Crippen LogP contribution in [0.15, 0.2) is 46.3 Å². The fraction of sp³-hybridized carbons (Fsp3) is 0.250. The van der Waals surface area contributed by atoms with Gasteiger partial charge in [-0.2, -0.15) is 9.29 Å². The molecular weight excluding hydrogens is 346 g/mol. The fourth-order valence-electron chi connectivity index (χ4n) is 2.12. The van der Waals surface area contributed by atoms with Crippen molar-refractivity contribution in [3.8, 4) is 10.7 Å². The highest BCUT2D eigenvalue weighted by atomic mass is 32.2.